The molecule has 4 aliphatic heterocycles. The van der Waals surface area contributed by atoms with Gasteiger partial charge >= 0.3 is 11.9 Å². The standard InChI is InChI=1S/C29H37NO8.C22H31NO8.CH4.CH3.2Y/c1-2-12-30-13-6-9-19-14-20-18(15-21(19)30)10-11-22(36-16-17-7-4-3-5-8-17)26(20)37-29-25(33)23(31)24(32)27(38-29)28(34)35;1-2-7-23-8-3-4-12-9-13-11(10-14(12)23)5-6-15(24)19(13)30-22-18(27)16(25)17(26)20(31-22)21(28)29;;;;/h3-5,7-8,10-11,19,21,23-25,27,29,31-33H,2,6,9,12-16H2,1H3,(H,34,35);5-6,12,14,16-18,20,22,24-27H,2-4,7-10H2,1H3,(H,28,29);1H4;1H3;;/q;;;-1;;/t19-,21-,23+,24+,25-,27+,29?;12-,14-,16+,17+,18-,20+,22?;;;;/m11..../s1. The molecular formula is C53H75N2O16Y2-. The minimum Gasteiger partial charge on any atom is -0.504 e. The Hall–Kier alpha value is -2.39. The zero-order valence-electron chi connectivity index (χ0n) is 41.3. The summed E-state index contributed by atoms with van der Waals surface area (Å²) < 4.78 is 28.9. The van der Waals surface area contributed by atoms with E-state index in [0.717, 1.165) is 112 Å². The Balaban J connectivity index is 0.000000305. The van der Waals surface area contributed by atoms with Crippen molar-refractivity contribution in [2.45, 2.75) is 166 Å². The second kappa shape index (κ2) is 28.3. The number of benzene rings is 3. The maximum atomic E-state index is 11.7. The molecule has 20 heteroatoms. The second-order valence-corrected chi connectivity index (χ2v) is 19.4. The van der Waals surface area contributed by atoms with Gasteiger partial charge in [0.05, 0.1) is 0 Å². The molecule has 2 unspecified atom stereocenters. The molecule has 0 aromatic heterocycles. The van der Waals surface area contributed by atoms with Crippen LogP contribution in [0.5, 0.6) is 23.0 Å². The van der Waals surface area contributed by atoms with Crippen molar-refractivity contribution in [1.82, 2.24) is 9.80 Å². The van der Waals surface area contributed by atoms with E-state index in [-0.39, 0.29) is 91.8 Å². The van der Waals surface area contributed by atoms with Crippen LogP contribution in [0.3, 0.4) is 0 Å². The number of carboxylic acids is 2. The third kappa shape index (κ3) is 14.0. The summed E-state index contributed by atoms with van der Waals surface area (Å²) in [7, 11) is 0. The van der Waals surface area contributed by atoms with Crippen molar-refractivity contribution >= 4 is 11.9 Å². The first kappa shape index (κ1) is 63.1. The SMILES string of the molecule is C.CCCN1CCC[C@@H]2Cc3c(ccc(O)c3OC3O[C@H](C(=O)O)[C@@H](O)[C@H](O)[C@H]3O)C[C@H]21.CCCN1CCC[C@@H]2Cc3c(ccc(OCc4ccccc4)c3OC3O[C@H](C(=O)O)[C@@H](O)[C@H](O)[C@H]3O)C[C@H]21.[CH3-].[Y].[Y]. The van der Waals surface area contributed by atoms with Crippen molar-refractivity contribution < 1.29 is 145 Å². The normalized spacial score (nSPS) is 31.5. The average molecular weight is 1170 g/mol. The van der Waals surface area contributed by atoms with Gasteiger partial charge in [-0.3, -0.25) is 9.80 Å². The van der Waals surface area contributed by atoms with Crippen molar-refractivity contribution in [2.75, 3.05) is 26.2 Å². The number of fused-ring (bicyclic) bond motifs is 4. The molecule has 0 amide bonds. The predicted octanol–water partition coefficient (Wildman–Crippen LogP) is 3.46. The summed E-state index contributed by atoms with van der Waals surface area (Å²) in [5.74, 6) is -1.24. The number of nitrogens with zero attached hydrogens (tertiary/aromatic N) is 2. The summed E-state index contributed by atoms with van der Waals surface area (Å²) in [5, 5.41) is 90.6. The van der Waals surface area contributed by atoms with Crippen molar-refractivity contribution in [3.8, 4) is 23.0 Å². The molecule has 9 rings (SSSR count). The number of likely N-dealkylation sites (tertiary alicyclic amines) is 2. The molecule has 4 saturated heterocycles. The van der Waals surface area contributed by atoms with Crippen molar-refractivity contribution in [1.29, 1.82) is 0 Å². The zero-order chi connectivity index (χ0) is 49.1. The number of piperidine rings is 2. The van der Waals surface area contributed by atoms with Crippen LogP contribution < -0.4 is 14.2 Å². The summed E-state index contributed by atoms with van der Waals surface area (Å²) in [6.07, 6.45) is -7.18. The van der Waals surface area contributed by atoms with Gasteiger partial charge in [0, 0.05) is 88.6 Å². The Morgan fingerprint density at radius 1 is 0.616 bits per heavy atom. The minimum atomic E-state index is -1.79. The Morgan fingerprint density at radius 2 is 1.07 bits per heavy atom. The van der Waals surface area contributed by atoms with E-state index < -0.39 is 73.4 Å². The number of hydrogen-bond acceptors (Lipinski definition) is 16. The van der Waals surface area contributed by atoms with Crippen LogP contribution in [0.4, 0.5) is 0 Å². The van der Waals surface area contributed by atoms with Gasteiger partial charge in [0.25, 0.3) is 0 Å². The van der Waals surface area contributed by atoms with E-state index in [1.54, 1.807) is 0 Å². The van der Waals surface area contributed by atoms with Gasteiger partial charge < -0.3 is 77.1 Å². The third-order valence-corrected chi connectivity index (χ3v) is 14.9. The molecule has 0 spiro atoms. The van der Waals surface area contributed by atoms with Crippen LogP contribution in [-0.4, -0.2) is 167 Å². The Labute approximate surface area is 479 Å². The van der Waals surface area contributed by atoms with Gasteiger partial charge in [-0.15, -0.1) is 0 Å². The van der Waals surface area contributed by atoms with Gasteiger partial charge in [-0.05, 0) is 131 Å². The van der Waals surface area contributed by atoms with Crippen LogP contribution >= 0.6 is 0 Å². The second-order valence-electron chi connectivity index (χ2n) is 19.4. The van der Waals surface area contributed by atoms with Crippen LogP contribution in [0, 0.1) is 19.3 Å². The van der Waals surface area contributed by atoms with E-state index in [4.69, 9.17) is 23.7 Å². The number of aliphatic carboxylic acids is 2. The number of aliphatic hydroxyl groups is 6. The molecule has 3 aromatic rings. The molecule has 0 bridgehead atoms. The summed E-state index contributed by atoms with van der Waals surface area (Å²) in [4.78, 5) is 28.1. The molecule has 400 valence electrons. The molecule has 73 heavy (non-hydrogen) atoms. The monoisotopic (exact) mass is 1170 g/mol. The van der Waals surface area contributed by atoms with E-state index >= 15 is 0 Å². The number of ether oxygens (including phenoxy) is 5. The van der Waals surface area contributed by atoms with Crippen molar-refractivity contribution in [3.05, 3.63) is 89.8 Å². The fourth-order valence-corrected chi connectivity index (χ4v) is 11.4. The van der Waals surface area contributed by atoms with Gasteiger partial charge in [-0.1, -0.05) is 63.7 Å². The number of rotatable bonds is 13. The predicted molar refractivity (Wildman–Crippen MR) is 260 cm³/mol. The number of aromatic hydroxyl groups is 1. The number of phenolic OH excluding ortho intramolecular Hbond substituents is 1. The molecule has 3 aromatic carbocycles. The summed E-state index contributed by atoms with van der Waals surface area (Å²) in [6, 6.07) is 17.9. The van der Waals surface area contributed by atoms with Gasteiger partial charge in [0.15, 0.2) is 35.2 Å². The van der Waals surface area contributed by atoms with E-state index in [1.807, 2.05) is 42.5 Å². The van der Waals surface area contributed by atoms with Crippen molar-refractivity contribution in [2.24, 2.45) is 11.8 Å². The summed E-state index contributed by atoms with van der Waals surface area (Å²) >= 11 is 0. The average Bonchev–Trinajstić information content (AvgIpc) is 3.34. The molecule has 2 aliphatic carbocycles. The number of carboxylic acid groups (broad SMARTS) is 2. The van der Waals surface area contributed by atoms with Gasteiger partial charge in [-0.25, -0.2) is 9.59 Å². The zero-order valence-corrected chi connectivity index (χ0v) is 47.0. The molecule has 6 aliphatic rings. The molecule has 9 N–H and O–H groups in total. The van der Waals surface area contributed by atoms with E-state index in [1.165, 1.54) is 6.07 Å². The Morgan fingerprint density at radius 3 is 1.53 bits per heavy atom. The number of phenols is 1. The molecule has 2 radical (unpaired) electrons. The van der Waals surface area contributed by atoms with Gasteiger partial charge in [0.1, 0.15) is 43.2 Å². The molecule has 14 atom stereocenters. The third-order valence-electron chi connectivity index (χ3n) is 14.9. The topological polar surface area (TPSA) is 269 Å². The van der Waals surface area contributed by atoms with Gasteiger partial charge in [0.2, 0.25) is 12.6 Å². The summed E-state index contributed by atoms with van der Waals surface area (Å²) in [6.45, 7) is 8.98. The molecule has 0 saturated carbocycles. The molecule has 4 fully saturated rings. The number of hydrogen-bond donors (Lipinski definition) is 9. The first-order chi connectivity index (χ1) is 33.2. The number of aliphatic hydroxyl groups excluding tert-OH is 6. The quantitative estimate of drug-likeness (QED) is 0.111. The van der Waals surface area contributed by atoms with E-state index in [9.17, 15) is 55.5 Å². The Bertz CT molecular complexity index is 2240. The molecule has 18 nitrogen and oxygen atoms in total. The van der Waals surface area contributed by atoms with E-state index in [2.05, 4.69) is 29.7 Å². The van der Waals surface area contributed by atoms with Crippen LogP contribution in [0.1, 0.15) is 87.6 Å². The maximum absolute atomic E-state index is 11.7. The largest absolute Gasteiger partial charge is 0.504 e. The number of carbonyl (C=O) groups is 2. The smallest absolute Gasteiger partial charge is 0.335 e. The first-order valence-corrected chi connectivity index (χ1v) is 24.5. The fraction of sp³-hybridized carbons (Fsp3) is 0.604. The van der Waals surface area contributed by atoms with E-state index in [0.29, 0.717) is 48.4 Å². The van der Waals surface area contributed by atoms with Crippen LogP contribution in [0.2, 0.25) is 0 Å². The summed E-state index contributed by atoms with van der Waals surface area (Å²) in [5.41, 5.74) is 4.91. The molecular weight excluding hydrogens is 1100 g/mol. The van der Waals surface area contributed by atoms with Crippen molar-refractivity contribution in [3.63, 3.8) is 0 Å². The Kier molecular flexibility index (Phi) is 24.5. The van der Waals surface area contributed by atoms with Crippen LogP contribution in [0.25, 0.3) is 0 Å². The van der Waals surface area contributed by atoms with Gasteiger partial charge in [-0.2, -0.15) is 0 Å². The fourth-order valence-electron chi connectivity index (χ4n) is 11.4. The molecule has 4 heterocycles. The maximum Gasteiger partial charge on any atom is 0.335 e. The minimum absolute atomic E-state index is 0. The first-order valence-electron chi connectivity index (χ1n) is 24.5. The van der Waals surface area contributed by atoms with Crippen LogP contribution in [0.15, 0.2) is 54.6 Å². The van der Waals surface area contributed by atoms with Crippen LogP contribution in [-0.2, 0) is 117 Å².